The second-order valence-electron chi connectivity index (χ2n) is 9.02. The normalized spacial score (nSPS) is 17.0. The number of carbonyl (C=O) groups excluding carboxylic acids is 2. The van der Waals surface area contributed by atoms with E-state index in [1.165, 1.54) is 6.07 Å². The van der Waals surface area contributed by atoms with Crippen molar-refractivity contribution in [3.63, 3.8) is 0 Å². The van der Waals surface area contributed by atoms with Crippen LogP contribution in [-0.2, 0) is 22.7 Å². The van der Waals surface area contributed by atoms with Crippen LogP contribution < -0.4 is 5.32 Å². The molecule has 0 saturated carbocycles. The molecule has 1 fully saturated rings. The first-order chi connectivity index (χ1) is 14.7. The quantitative estimate of drug-likeness (QED) is 0.806. The van der Waals surface area contributed by atoms with Crippen LogP contribution in [0.15, 0.2) is 18.2 Å². The second-order valence-corrected chi connectivity index (χ2v) is 9.02. The molecule has 166 valence electrons. The van der Waals surface area contributed by atoms with E-state index < -0.39 is 29.0 Å². The van der Waals surface area contributed by atoms with Gasteiger partial charge in [-0.2, -0.15) is 0 Å². The molecule has 1 N–H and O–H groups in total. The number of fused-ring (bicyclic) bond motifs is 1. The smallest absolute Gasteiger partial charge is 0.272 e. The van der Waals surface area contributed by atoms with Crippen molar-refractivity contribution in [1.82, 2.24) is 19.8 Å². The van der Waals surface area contributed by atoms with Gasteiger partial charge >= 0.3 is 0 Å². The summed E-state index contributed by atoms with van der Waals surface area (Å²) in [6.45, 7) is 8.08. The maximum Gasteiger partial charge on any atom is 0.272 e. The SMILES string of the molecule is CC(C)(C)C(NC(=O)c1nc(-c2ccc(F)c(F)c2)n2c1COCC2)C(=O)N1CCC1. The number of aromatic nitrogens is 2. The van der Waals surface area contributed by atoms with Crippen molar-refractivity contribution in [2.75, 3.05) is 19.7 Å². The summed E-state index contributed by atoms with van der Waals surface area (Å²) in [6.07, 6.45) is 0.958. The first-order valence-corrected chi connectivity index (χ1v) is 10.4. The molecule has 9 heteroatoms. The Hall–Kier alpha value is -2.81. The zero-order chi connectivity index (χ0) is 22.3. The van der Waals surface area contributed by atoms with Crippen LogP contribution in [0.1, 0.15) is 43.4 Å². The average Bonchev–Trinajstić information content (AvgIpc) is 3.05. The molecule has 2 aromatic rings. The molecule has 4 rings (SSSR count). The zero-order valence-corrected chi connectivity index (χ0v) is 17.9. The van der Waals surface area contributed by atoms with Gasteiger partial charge < -0.3 is 19.5 Å². The third-order valence-electron chi connectivity index (χ3n) is 5.72. The van der Waals surface area contributed by atoms with Crippen molar-refractivity contribution in [3.8, 4) is 11.4 Å². The van der Waals surface area contributed by atoms with Gasteiger partial charge in [0.2, 0.25) is 5.91 Å². The summed E-state index contributed by atoms with van der Waals surface area (Å²) in [5.41, 5.74) is 0.546. The van der Waals surface area contributed by atoms with Crippen LogP contribution >= 0.6 is 0 Å². The number of amides is 2. The summed E-state index contributed by atoms with van der Waals surface area (Å²) in [7, 11) is 0. The second kappa shape index (κ2) is 8.03. The number of nitrogens with zero attached hydrogens (tertiary/aromatic N) is 3. The van der Waals surface area contributed by atoms with E-state index in [9.17, 15) is 18.4 Å². The van der Waals surface area contributed by atoms with Gasteiger partial charge in [-0.05, 0) is 30.0 Å². The zero-order valence-electron chi connectivity index (χ0n) is 17.9. The summed E-state index contributed by atoms with van der Waals surface area (Å²) < 4.78 is 34.5. The molecule has 2 aliphatic rings. The molecular weight excluding hydrogens is 406 g/mol. The van der Waals surface area contributed by atoms with E-state index in [2.05, 4.69) is 10.3 Å². The predicted molar refractivity (Wildman–Crippen MR) is 109 cm³/mol. The number of ether oxygens (including phenoxy) is 1. The molecule has 0 radical (unpaired) electrons. The van der Waals surface area contributed by atoms with E-state index in [0.717, 1.165) is 18.6 Å². The number of carbonyl (C=O) groups is 2. The van der Waals surface area contributed by atoms with Crippen molar-refractivity contribution in [3.05, 3.63) is 41.2 Å². The van der Waals surface area contributed by atoms with Gasteiger partial charge in [-0.1, -0.05) is 20.8 Å². The van der Waals surface area contributed by atoms with Crippen LogP contribution in [-0.4, -0.2) is 52.0 Å². The van der Waals surface area contributed by atoms with E-state index in [-0.39, 0.29) is 18.2 Å². The van der Waals surface area contributed by atoms with Gasteiger partial charge in [-0.25, -0.2) is 13.8 Å². The Morgan fingerprint density at radius 3 is 2.52 bits per heavy atom. The maximum absolute atomic E-state index is 13.8. The van der Waals surface area contributed by atoms with Gasteiger partial charge in [0.25, 0.3) is 5.91 Å². The Kier molecular flexibility index (Phi) is 5.55. The Morgan fingerprint density at radius 2 is 1.90 bits per heavy atom. The number of hydrogen-bond acceptors (Lipinski definition) is 4. The van der Waals surface area contributed by atoms with E-state index in [4.69, 9.17) is 4.74 Å². The Bertz CT molecular complexity index is 1020. The lowest BCUT2D eigenvalue weighted by atomic mass is 9.85. The van der Waals surface area contributed by atoms with E-state index >= 15 is 0 Å². The number of benzene rings is 1. The number of rotatable bonds is 4. The van der Waals surface area contributed by atoms with E-state index in [1.54, 1.807) is 9.47 Å². The lowest BCUT2D eigenvalue weighted by molar-refractivity contribution is -0.139. The molecule has 1 aromatic carbocycles. The summed E-state index contributed by atoms with van der Waals surface area (Å²) in [4.78, 5) is 32.3. The van der Waals surface area contributed by atoms with Crippen LogP contribution in [0.25, 0.3) is 11.4 Å². The largest absolute Gasteiger partial charge is 0.373 e. The Morgan fingerprint density at radius 1 is 1.16 bits per heavy atom. The highest BCUT2D eigenvalue weighted by Gasteiger charge is 2.38. The van der Waals surface area contributed by atoms with E-state index in [1.807, 2.05) is 20.8 Å². The van der Waals surface area contributed by atoms with E-state index in [0.29, 0.717) is 43.3 Å². The van der Waals surface area contributed by atoms with Crippen molar-refractivity contribution >= 4 is 11.8 Å². The summed E-state index contributed by atoms with van der Waals surface area (Å²) in [6, 6.07) is 2.81. The average molecular weight is 432 g/mol. The molecule has 0 spiro atoms. The fraction of sp³-hybridized carbons (Fsp3) is 0.500. The van der Waals surface area contributed by atoms with Crippen LogP contribution in [0.5, 0.6) is 0 Å². The van der Waals surface area contributed by atoms with Gasteiger partial charge in [0.05, 0.1) is 18.9 Å². The monoisotopic (exact) mass is 432 g/mol. The number of hydrogen-bond donors (Lipinski definition) is 1. The van der Waals surface area contributed by atoms with Gasteiger partial charge in [0.1, 0.15) is 11.9 Å². The lowest BCUT2D eigenvalue weighted by Crippen LogP contribution is -2.57. The molecule has 1 aromatic heterocycles. The molecule has 31 heavy (non-hydrogen) atoms. The molecule has 2 amide bonds. The van der Waals surface area contributed by atoms with Crippen molar-refractivity contribution in [2.24, 2.45) is 5.41 Å². The molecule has 0 aliphatic carbocycles. The molecule has 3 heterocycles. The number of halogens is 2. The molecule has 1 unspecified atom stereocenters. The number of likely N-dealkylation sites (tertiary alicyclic amines) is 1. The highest BCUT2D eigenvalue weighted by atomic mass is 19.2. The van der Waals surface area contributed by atoms with Gasteiger partial charge in [0.15, 0.2) is 17.3 Å². The van der Waals surface area contributed by atoms with Crippen LogP contribution in [0, 0.1) is 17.0 Å². The minimum Gasteiger partial charge on any atom is -0.373 e. The summed E-state index contributed by atoms with van der Waals surface area (Å²) in [5, 5.41) is 2.86. The van der Waals surface area contributed by atoms with Crippen molar-refractivity contribution in [1.29, 1.82) is 0 Å². The first kappa shape index (κ1) is 21.4. The van der Waals surface area contributed by atoms with Gasteiger partial charge in [-0.3, -0.25) is 9.59 Å². The molecule has 0 bridgehead atoms. The topological polar surface area (TPSA) is 76.5 Å². The Balaban J connectivity index is 1.68. The standard InChI is InChI=1S/C22H26F2N4O3/c1-22(2,3)18(21(30)27-7-4-8-27)26-20(29)17-16-12-31-10-9-28(16)19(25-17)13-5-6-14(23)15(24)11-13/h5-6,11,18H,4,7-10,12H2,1-3H3,(H,26,29). The van der Waals surface area contributed by atoms with Crippen LogP contribution in [0.2, 0.25) is 0 Å². The molecule has 2 aliphatic heterocycles. The summed E-state index contributed by atoms with van der Waals surface area (Å²) in [5.74, 6) is -2.17. The lowest BCUT2D eigenvalue weighted by Gasteiger charge is -2.38. The molecule has 7 nitrogen and oxygen atoms in total. The van der Waals surface area contributed by atoms with Crippen molar-refractivity contribution < 1.29 is 23.1 Å². The maximum atomic E-state index is 13.8. The number of nitrogens with one attached hydrogen (secondary N) is 1. The fourth-order valence-electron chi connectivity index (χ4n) is 3.80. The fourth-order valence-corrected chi connectivity index (χ4v) is 3.80. The predicted octanol–water partition coefficient (Wildman–Crippen LogP) is 2.74. The van der Waals surface area contributed by atoms with Crippen LogP contribution in [0.4, 0.5) is 8.78 Å². The summed E-state index contributed by atoms with van der Waals surface area (Å²) >= 11 is 0. The van der Waals surface area contributed by atoms with Crippen molar-refractivity contribution in [2.45, 2.75) is 46.4 Å². The molecule has 1 saturated heterocycles. The third kappa shape index (κ3) is 4.06. The third-order valence-corrected chi connectivity index (χ3v) is 5.72. The molecular formula is C22H26F2N4O3. The number of imidazole rings is 1. The van der Waals surface area contributed by atoms with Gasteiger partial charge in [0, 0.05) is 25.2 Å². The highest BCUT2D eigenvalue weighted by Crippen LogP contribution is 2.28. The minimum atomic E-state index is -0.985. The van der Waals surface area contributed by atoms with Crippen LogP contribution in [0.3, 0.4) is 0 Å². The first-order valence-electron chi connectivity index (χ1n) is 10.4. The Labute approximate surface area is 179 Å². The van der Waals surface area contributed by atoms with Gasteiger partial charge in [-0.15, -0.1) is 0 Å². The molecule has 1 atom stereocenters. The minimum absolute atomic E-state index is 0.114. The highest BCUT2D eigenvalue weighted by molar-refractivity contribution is 5.98.